The fourth-order valence-electron chi connectivity index (χ4n) is 3.28. The van der Waals surface area contributed by atoms with E-state index in [1.54, 1.807) is 0 Å². The van der Waals surface area contributed by atoms with Crippen LogP contribution in [0, 0.1) is 18.3 Å². The topological polar surface area (TPSA) is 39.1 Å². The van der Waals surface area contributed by atoms with Crippen LogP contribution in [-0.2, 0) is 0 Å². The first-order valence-corrected chi connectivity index (χ1v) is 7.61. The van der Waals surface area contributed by atoms with Crippen LogP contribution >= 0.6 is 0 Å². The van der Waals surface area contributed by atoms with Crippen molar-refractivity contribution in [2.75, 3.05) is 26.2 Å². The lowest BCUT2D eigenvalue weighted by Crippen LogP contribution is -2.45. The van der Waals surface area contributed by atoms with E-state index in [0.29, 0.717) is 6.42 Å². The average Bonchev–Trinajstić information content (AvgIpc) is 2.55. The molecule has 21 heavy (non-hydrogen) atoms. The van der Waals surface area contributed by atoms with Gasteiger partial charge in [0, 0.05) is 32.2 Å². The van der Waals surface area contributed by atoms with E-state index in [9.17, 15) is 5.26 Å². The van der Waals surface area contributed by atoms with E-state index in [4.69, 9.17) is 0 Å². The molecule has 1 fully saturated rings. The fourth-order valence-corrected chi connectivity index (χ4v) is 3.28. The van der Waals surface area contributed by atoms with Crippen molar-refractivity contribution in [1.29, 1.82) is 5.26 Å². The highest BCUT2D eigenvalue weighted by atomic mass is 15.2. The molecule has 1 saturated heterocycles. The van der Waals surface area contributed by atoms with Gasteiger partial charge >= 0.3 is 0 Å². The average molecular weight is 279 g/mol. The molecule has 3 rings (SSSR count). The molecule has 1 N–H and O–H groups in total. The molecular weight excluding hydrogens is 258 g/mol. The van der Waals surface area contributed by atoms with E-state index in [1.807, 2.05) is 0 Å². The van der Waals surface area contributed by atoms with Gasteiger partial charge in [-0.2, -0.15) is 5.26 Å². The molecule has 0 saturated carbocycles. The first kappa shape index (κ1) is 14.1. The first-order chi connectivity index (χ1) is 10.3. The molecule has 0 aromatic heterocycles. The SMILES string of the molecule is Cc1ccc([C@H](CC#N)N2CCNCC2)c2ccccc12. The van der Waals surface area contributed by atoms with Crippen molar-refractivity contribution < 1.29 is 0 Å². The Morgan fingerprint density at radius 2 is 1.86 bits per heavy atom. The highest BCUT2D eigenvalue weighted by molar-refractivity contribution is 5.88. The standard InChI is InChI=1S/C18H21N3/c1-14-6-7-17(16-5-3-2-4-15(14)16)18(8-9-19)21-12-10-20-11-13-21/h2-7,18,20H,8,10-13H2,1H3/t18-/m0/s1. The Morgan fingerprint density at radius 3 is 2.57 bits per heavy atom. The molecule has 3 nitrogen and oxygen atoms in total. The zero-order valence-electron chi connectivity index (χ0n) is 12.5. The van der Waals surface area contributed by atoms with E-state index in [2.05, 4.69) is 59.6 Å². The van der Waals surface area contributed by atoms with Crippen LogP contribution in [0.1, 0.15) is 23.6 Å². The van der Waals surface area contributed by atoms with E-state index in [1.165, 1.54) is 21.9 Å². The third-order valence-electron chi connectivity index (χ3n) is 4.41. The van der Waals surface area contributed by atoms with Gasteiger partial charge in [-0.1, -0.05) is 36.4 Å². The highest BCUT2D eigenvalue weighted by Gasteiger charge is 2.23. The molecule has 0 spiro atoms. The van der Waals surface area contributed by atoms with Crippen molar-refractivity contribution in [2.45, 2.75) is 19.4 Å². The minimum Gasteiger partial charge on any atom is -0.314 e. The zero-order valence-corrected chi connectivity index (χ0v) is 12.5. The van der Waals surface area contributed by atoms with Crippen molar-refractivity contribution in [2.24, 2.45) is 0 Å². The van der Waals surface area contributed by atoms with Crippen molar-refractivity contribution in [3.8, 4) is 6.07 Å². The molecule has 1 heterocycles. The number of hydrogen-bond donors (Lipinski definition) is 1. The highest BCUT2D eigenvalue weighted by Crippen LogP contribution is 2.32. The summed E-state index contributed by atoms with van der Waals surface area (Å²) in [5, 5.41) is 15.2. The minimum absolute atomic E-state index is 0.197. The molecule has 0 bridgehead atoms. The summed E-state index contributed by atoms with van der Waals surface area (Å²) in [7, 11) is 0. The molecule has 3 heteroatoms. The van der Waals surface area contributed by atoms with E-state index in [-0.39, 0.29) is 6.04 Å². The van der Waals surface area contributed by atoms with Gasteiger partial charge in [0.25, 0.3) is 0 Å². The van der Waals surface area contributed by atoms with Gasteiger partial charge in [-0.15, -0.1) is 0 Å². The van der Waals surface area contributed by atoms with E-state index >= 15 is 0 Å². The maximum absolute atomic E-state index is 9.26. The number of fused-ring (bicyclic) bond motifs is 1. The maximum atomic E-state index is 9.26. The number of nitriles is 1. The Balaban J connectivity index is 2.07. The van der Waals surface area contributed by atoms with Crippen molar-refractivity contribution >= 4 is 10.8 Å². The number of aryl methyl sites for hydroxylation is 1. The van der Waals surface area contributed by atoms with E-state index in [0.717, 1.165) is 26.2 Å². The number of benzene rings is 2. The summed E-state index contributed by atoms with van der Waals surface area (Å²) in [5.74, 6) is 0. The Hall–Kier alpha value is -1.89. The Bertz CT molecular complexity index is 666. The molecule has 2 aromatic rings. The lowest BCUT2D eigenvalue weighted by molar-refractivity contribution is 0.176. The van der Waals surface area contributed by atoms with Crippen LogP contribution in [0.4, 0.5) is 0 Å². The summed E-state index contributed by atoms with van der Waals surface area (Å²) < 4.78 is 0. The number of nitrogens with zero attached hydrogens (tertiary/aromatic N) is 2. The number of hydrogen-bond acceptors (Lipinski definition) is 3. The Labute approximate surface area is 126 Å². The van der Waals surface area contributed by atoms with Gasteiger partial charge in [0.2, 0.25) is 0 Å². The molecule has 1 aliphatic rings. The Kier molecular flexibility index (Phi) is 4.19. The summed E-state index contributed by atoms with van der Waals surface area (Å²) in [6, 6.07) is 15.5. The summed E-state index contributed by atoms with van der Waals surface area (Å²) in [4.78, 5) is 2.44. The monoisotopic (exact) mass is 279 g/mol. The van der Waals surface area contributed by atoms with Crippen LogP contribution in [0.25, 0.3) is 10.8 Å². The second kappa shape index (κ2) is 6.26. The van der Waals surface area contributed by atoms with Crippen LogP contribution in [0.3, 0.4) is 0 Å². The lowest BCUT2D eigenvalue weighted by atomic mass is 9.93. The smallest absolute Gasteiger partial charge is 0.0641 e. The van der Waals surface area contributed by atoms with Crippen LogP contribution in [-0.4, -0.2) is 31.1 Å². The molecule has 0 aliphatic carbocycles. The molecule has 0 radical (unpaired) electrons. The fraction of sp³-hybridized carbons (Fsp3) is 0.389. The molecule has 0 amide bonds. The van der Waals surface area contributed by atoms with Crippen molar-refractivity contribution in [1.82, 2.24) is 10.2 Å². The molecule has 0 unspecified atom stereocenters. The van der Waals surface area contributed by atoms with Gasteiger partial charge < -0.3 is 5.32 Å². The summed E-state index contributed by atoms with van der Waals surface area (Å²) in [6.45, 7) is 6.18. The van der Waals surface area contributed by atoms with Gasteiger partial charge in [0.05, 0.1) is 12.5 Å². The van der Waals surface area contributed by atoms with Crippen LogP contribution < -0.4 is 5.32 Å². The predicted molar refractivity (Wildman–Crippen MR) is 86.1 cm³/mol. The molecule has 1 atom stereocenters. The minimum atomic E-state index is 0.197. The molecule has 1 aliphatic heterocycles. The zero-order chi connectivity index (χ0) is 14.7. The largest absolute Gasteiger partial charge is 0.314 e. The summed E-state index contributed by atoms with van der Waals surface area (Å²) in [5.41, 5.74) is 2.59. The van der Waals surface area contributed by atoms with Gasteiger partial charge in [-0.05, 0) is 28.8 Å². The normalized spacial score (nSPS) is 17.5. The number of rotatable bonds is 3. The third kappa shape index (κ3) is 2.78. The number of piperazine rings is 1. The van der Waals surface area contributed by atoms with E-state index < -0.39 is 0 Å². The van der Waals surface area contributed by atoms with Crippen molar-refractivity contribution in [3.63, 3.8) is 0 Å². The summed E-state index contributed by atoms with van der Waals surface area (Å²) in [6.07, 6.45) is 0.549. The maximum Gasteiger partial charge on any atom is 0.0641 e. The van der Waals surface area contributed by atoms with Gasteiger partial charge in [0.15, 0.2) is 0 Å². The van der Waals surface area contributed by atoms with Crippen LogP contribution in [0.15, 0.2) is 36.4 Å². The second-order valence-corrected chi connectivity index (χ2v) is 5.68. The molecule has 108 valence electrons. The van der Waals surface area contributed by atoms with Gasteiger partial charge in [-0.25, -0.2) is 0 Å². The predicted octanol–water partition coefficient (Wildman–Crippen LogP) is 3.01. The van der Waals surface area contributed by atoms with Crippen molar-refractivity contribution in [3.05, 3.63) is 47.5 Å². The summed E-state index contributed by atoms with van der Waals surface area (Å²) >= 11 is 0. The number of nitrogens with one attached hydrogen (secondary N) is 1. The lowest BCUT2D eigenvalue weighted by Gasteiger charge is -2.34. The Morgan fingerprint density at radius 1 is 1.14 bits per heavy atom. The van der Waals surface area contributed by atoms with Crippen LogP contribution in [0.5, 0.6) is 0 Å². The molecule has 2 aromatic carbocycles. The van der Waals surface area contributed by atoms with Gasteiger partial charge in [0.1, 0.15) is 0 Å². The van der Waals surface area contributed by atoms with Crippen LogP contribution in [0.2, 0.25) is 0 Å². The van der Waals surface area contributed by atoms with Gasteiger partial charge in [-0.3, -0.25) is 4.90 Å². The third-order valence-corrected chi connectivity index (χ3v) is 4.41. The quantitative estimate of drug-likeness (QED) is 0.938. The molecular formula is C18H21N3. The first-order valence-electron chi connectivity index (χ1n) is 7.61. The second-order valence-electron chi connectivity index (χ2n) is 5.68.